The lowest BCUT2D eigenvalue weighted by Gasteiger charge is -2.26. The molecule has 0 saturated heterocycles. The highest BCUT2D eigenvalue weighted by molar-refractivity contribution is 5.72. The first kappa shape index (κ1) is 28.8. The van der Waals surface area contributed by atoms with E-state index < -0.39 is 12.2 Å². The van der Waals surface area contributed by atoms with Gasteiger partial charge in [0.25, 0.3) is 0 Å². The molecule has 0 aromatic heterocycles. The first-order chi connectivity index (χ1) is 14.5. The van der Waals surface area contributed by atoms with Crippen LogP contribution in [0.5, 0.6) is 0 Å². The fourth-order valence-electron chi connectivity index (χ4n) is 3.29. The topological polar surface area (TPSA) is 128 Å². The third-order valence-electron chi connectivity index (χ3n) is 5.12. The number of nitrogens with zero attached hydrogens (tertiary/aromatic N) is 1. The Balaban J connectivity index is 4.64. The molecule has 2 atom stereocenters. The largest absolute Gasteiger partial charge is 0.469 e. The monoisotopic (exact) mass is 431 g/mol. The lowest BCUT2D eigenvalue weighted by Crippen LogP contribution is -2.38. The Bertz CT molecular complexity index is 437. The van der Waals surface area contributed by atoms with Crippen LogP contribution in [0, 0.1) is 0 Å². The molecule has 0 amide bonds. The Morgan fingerprint density at radius 2 is 1.57 bits per heavy atom. The normalized spacial score (nSPS) is 13.3. The maximum atomic E-state index is 12.6. The lowest BCUT2D eigenvalue weighted by molar-refractivity contribution is -0.157. The van der Waals surface area contributed by atoms with E-state index in [9.17, 15) is 14.7 Å². The van der Waals surface area contributed by atoms with Gasteiger partial charge in [0.1, 0.15) is 6.10 Å². The Kier molecular flexibility index (Phi) is 18.9. The highest BCUT2D eigenvalue weighted by Gasteiger charge is 2.24. The molecular weight excluding hydrogens is 386 g/mol. The molecule has 0 bridgehead atoms. The van der Waals surface area contributed by atoms with E-state index in [1.165, 1.54) is 7.11 Å². The van der Waals surface area contributed by atoms with Crippen molar-refractivity contribution in [3.05, 3.63) is 0 Å². The molecule has 2 unspecified atom stereocenters. The number of nitrogens with two attached hydrogens (primary N) is 2. The molecule has 0 spiro atoms. The van der Waals surface area contributed by atoms with Crippen LogP contribution in [0.1, 0.15) is 77.6 Å². The van der Waals surface area contributed by atoms with Crippen LogP contribution in [0.15, 0.2) is 0 Å². The second kappa shape index (κ2) is 19.7. The average Bonchev–Trinajstić information content (AvgIpc) is 2.74. The van der Waals surface area contributed by atoms with E-state index in [0.29, 0.717) is 45.2 Å². The first-order valence-corrected chi connectivity index (χ1v) is 11.5. The van der Waals surface area contributed by atoms with Gasteiger partial charge in [0.15, 0.2) is 0 Å². The van der Waals surface area contributed by atoms with Gasteiger partial charge in [0, 0.05) is 6.42 Å². The summed E-state index contributed by atoms with van der Waals surface area (Å²) in [4.78, 5) is 25.8. The number of hydrogen-bond acceptors (Lipinski definition) is 8. The quantitative estimate of drug-likeness (QED) is 0.197. The summed E-state index contributed by atoms with van der Waals surface area (Å²) < 4.78 is 10.3. The van der Waals surface area contributed by atoms with Crippen molar-refractivity contribution in [2.24, 2.45) is 11.5 Å². The molecule has 0 heterocycles. The third kappa shape index (κ3) is 15.6. The van der Waals surface area contributed by atoms with Crippen LogP contribution in [0.2, 0.25) is 0 Å². The highest BCUT2D eigenvalue weighted by Crippen LogP contribution is 2.16. The molecule has 178 valence electrons. The molecule has 0 fully saturated rings. The second-order valence-corrected chi connectivity index (χ2v) is 7.83. The Morgan fingerprint density at radius 1 is 0.900 bits per heavy atom. The molecule has 0 aromatic carbocycles. The van der Waals surface area contributed by atoms with E-state index in [0.717, 1.165) is 51.6 Å². The molecule has 0 aromatic rings. The van der Waals surface area contributed by atoms with Gasteiger partial charge in [-0.25, -0.2) is 0 Å². The van der Waals surface area contributed by atoms with Gasteiger partial charge in [-0.05, 0) is 71.1 Å². The van der Waals surface area contributed by atoms with Crippen LogP contribution in [-0.4, -0.2) is 74.0 Å². The van der Waals surface area contributed by atoms with E-state index in [2.05, 4.69) is 16.6 Å². The Labute approximate surface area is 182 Å². The maximum Gasteiger partial charge on any atom is 0.320 e. The van der Waals surface area contributed by atoms with Crippen molar-refractivity contribution in [2.75, 3.05) is 39.8 Å². The average molecular weight is 432 g/mol. The summed E-state index contributed by atoms with van der Waals surface area (Å²) in [5, 5.41) is 10.6. The van der Waals surface area contributed by atoms with Crippen molar-refractivity contribution in [3.8, 4) is 0 Å². The predicted octanol–water partition coefficient (Wildman–Crippen LogP) is 1.96. The van der Waals surface area contributed by atoms with Gasteiger partial charge >= 0.3 is 11.9 Å². The predicted molar refractivity (Wildman–Crippen MR) is 119 cm³/mol. The zero-order valence-corrected chi connectivity index (χ0v) is 19.2. The van der Waals surface area contributed by atoms with Crippen molar-refractivity contribution in [1.29, 1.82) is 0 Å². The lowest BCUT2D eigenvalue weighted by atomic mass is 10.0. The van der Waals surface area contributed by atoms with Gasteiger partial charge in [0.2, 0.25) is 0 Å². The van der Waals surface area contributed by atoms with Gasteiger partial charge < -0.3 is 26.0 Å². The van der Waals surface area contributed by atoms with Crippen LogP contribution in [0.25, 0.3) is 0 Å². The van der Waals surface area contributed by atoms with Crippen molar-refractivity contribution in [1.82, 2.24) is 4.90 Å². The number of unbranched alkanes of at least 4 members (excludes halogenated alkanes) is 4. The number of rotatable bonds is 20. The number of methoxy groups -OCH3 is 1. The molecule has 0 aliphatic heterocycles. The molecule has 30 heavy (non-hydrogen) atoms. The zero-order chi connectivity index (χ0) is 22.6. The van der Waals surface area contributed by atoms with Gasteiger partial charge in [0.05, 0.1) is 19.8 Å². The summed E-state index contributed by atoms with van der Waals surface area (Å²) in [5.41, 5.74) is 11.2. The summed E-state index contributed by atoms with van der Waals surface area (Å²) in [6.07, 6.45) is 7.22. The summed E-state index contributed by atoms with van der Waals surface area (Å²) in [6.45, 7) is 5.05. The van der Waals surface area contributed by atoms with Crippen molar-refractivity contribution >= 4 is 11.9 Å². The maximum absolute atomic E-state index is 12.6. The molecule has 0 aliphatic rings. The number of ether oxygens (including phenoxy) is 2. The van der Waals surface area contributed by atoms with Gasteiger partial charge in [-0.2, -0.15) is 0 Å². The molecular formula is C22H45N3O5. The number of esters is 2. The van der Waals surface area contributed by atoms with Crippen molar-refractivity contribution in [2.45, 2.75) is 89.8 Å². The highest BCUT2D eigenvalue weighted by atomic mass is 16.6. The van der Waals surface area contributed by atoms with Crippen LogP contribution < -0.4 is 11.5 Å². The van der Waals surface area contributed by atoms with E-state index >= 15 is 0 Å². The Hall–Kier alpha value is -1.22. The number of hydrogen-bond donors (Lipinski definition) is 3. The molecule has 0 aliphatic carbocycles. The summed E-state index contributed by atoms with van der Waals surface area (Å²) >= 11 is 0. The number of aliphatic hydroxyl groups excluding tert-OH is 1. The molecule has 0 saturated carbocycles. The van der Waals surface area contributed by atoms with Gasteiger partial charge in [-0.1, -0.05) is 26.2 Å². The number of carbonyl (C=O) groups is 2. The second-order valence-electron chi connectivity index (χ2n) is 7.83. The van der Waals surface area contributed by atoms with E-state index in [4.69, 9.17) is 16.2 Å². The first-order valence-electron chi connectivity index (χ1n) is 11.5. The SMILES string of the molecule is CCCCCC(OC(=O)CN(CCCN)CCCCN)C(O)CCCCC(=O)OC. The summed E-state index contributed by atoms with van der Waals surface area (Å²) in [7, 11) is 1.37. The summed E-state index contributed by atoms with van der Waals surface area (Å²) in [6, 6.07) is 0. The zero-order valence-electron chi connectivity index (χ0n) is 19.2. The number of aliphatic hydroxyl groups is 1. The van der Waals surface area contributed by atoms with Gasteiger partial charge in [-0.3, -0.25) is 14.5 Å². The fourth-order valence-corrected chi connectivity index (χ4v) is 3.29. The molecule has 8 nitrogen and oxygen atoms in total. The van der Waals surface area contributed by atoms with Crippen molar-refractivity contribution in [3.63, 3.8) is 0 Å². The van der Waals surface area contributed by atoms with E-state index in [-0.39, 0.29) is 18.5 Å². The van der Waals surface area contributed by atoms with Crippen LogP contribution in [0.4, 0.5) is 0 Å². The minimum absolute atomic E-state index is 0.198. The van der Waals surface area contributed by atoms with E-state index in [1.807, 2.05) is 0 Å². The Morgan fingerprint density at radius 3 is 2.20 bits per heavy atom. The molecule has 0 rings (SSSR count). The fraction of sp³-hybridized carbons (Fsp3) is 0.909. The van der Waals surface area contributed by atoms with Crippen LogP contribution >= 0.6 is 0 Å². The van der Waals surface area contributed by atoms with Crippen LogP contribution in [0.3, 0.4) is 0 Å². The third-order valence-corrected chi connectivity index (χ3v) is 5.12. The van der Waals surface area contributed by atoms with E-state index in [1.54, 1.807) is 0 Å². The molecule has 5 N–H and O–H groups in total. The summed E-state index contributed by atoms with van der Waals surface area (Å²) in [5.74, 6) is -0.558. The molecule has 8 heteroatoms. The minimum atomic E-state index is -0.724. The van der Waals surface area contributed by atoms with Crippen LogP contribution in [-0.2, 0) is 19.1 Å². The number of carbonyl (C=O) groups excluding carboxylic acids is 2. The minimum Gasteiger partial charge on any atom is -0.469 e. The van der Waals surface area contributed by atoms with Crippen molar-refractivity contribution < 1.29 is 24.2 Å². The van der Waals surface area contributed by atoms with Gasteiger partial charge in [-0.15, -0.1) is 0 Å². The standard InChI is InChI=1S/C22H45N3O5/c1-3-4-5-12-20(19(26)11-6-7-13-21(27)29-2)30-22(28)18-25(17-10-15-24)16-9-8-14-23/h19-20,26H,3-18,23-24H2,1-2H3. The smallest absolute Gasteiger partial charge is 0.320 e. The molecule has 0 radical (unpaired) electrons.